The fourth-order valence-electron chi connectivity index (χ4n) is 4.46. The van der Waals surface area contributed by atoms with Crippen LogP contribution in [0.1, 0.15) is 60.7 Å². The molecule has 4 N–H and O–H groups in total. The number of carbonyl (C=O) groups is 4. The van der Waals surface area contributed by atoms with E-state index in [1.807, 2.05) is 7.05 Å². The van der Waals surface area contributed by atoms with Gasteiger partial charge in [-0.1, -0.05) is 35.3 Å². The minimum atomic E-state index is -1.56. The second-order valence-electron chi connectivity index (χ2n) is 9.25. The lowest BCUT2D eigenvalue weighted by Gasteiger charge is -2.37. The molecule has 0 radical (unpaired) electrons. The van der Waals surface area contributed by atoms with E-state index in [1.54, 1.807) is 36.4 Å². The highest BCUT2D eigenvalue weighted by Gasteiger charge is 2.27. The average molecular weight is 571 g/mol. The Morgan fingerprint density at radius 2 is 1.64 bits per heavy atom. The number of carboxylic acid groups (broad SMARTS) is 2. The van der Waals surface area contributed by atoms with E-state index in [0.29, 0.717) is 39.7 Å². The molecular formula is C28H24Cl2N2O7. The van der Waals surface area contributed by atoms with Crippen LogP contribution in [-0.2, 0) is 0 Å². The number of amides is 1. The van der Waals surface area contributed by atoms with Crippen LogP contribution < -0.4 is 5.32 Å². The average Bonchev–Trinajstić information content (AvgIpc) is 2.87. The molecule has 3 aromatic carbocycles. The van der Waals surface area contributed by atoms with Gasteiger partial charge in [-0.3, -0.25) is 9.59 Å². The SMILES string of the molecule is CN1CCC1CCC(=O)c1ccc(-c2ccc(Cl)cc2Cl)cc1NC(=O)c1cc(O)c(C(=O)O)cc1C(=O)O. The van der Waals surface area contributed by atoms with Gasteiger partial charge in [-0.2, -0.15) is 0 Å². The van der Waals surface area contributed by atoms with Crippen molar-refractivity contribution in [2.75, 3.05) is 18.9 Å². The number of rotatable bonds is 9. The lowest BCUT2D eigenvalue weighted by molar-refractivity contribution is 0.0691. The molecule has 9 nitrogen and oxygen atoms in total. The Morgan fingerprint density at radius 3 is 2.23 bits per heavy atom. The Balaban J connectivity index is 1.73. The molecule has 0 aliphatic carbocycles. The molecule has 39 heavy (non-hydrogen) atoms. The molecule has 1 heterocycles. The summed E-state index contributed by atoms with van der Waals surface area (Å²) < 4.78 is 0. The molecular weight excluding hydrogens is 547 g/mol. The van der Waals surface area contributed by atoms with E-state index >= 15 is 0 Å². The number of aromatic hydroxyl groups is 1. The normalized spacial score (nSPS) is 14.9. The number of phenols is 1. The minimum Gasteiger partial charge on any atom is -0.507 e. The summed E-state index contributed by atoms with van der Waals surface area (Å²) in [4.78, 5) is 51.8. The van der Waals surface area contributed by atoms with E-state index in [4.69, 9.17) is 23.2 Å². The standard InChI is InChI=1S/C28H24Cl2N2O7/c1-32-9-8-16(32)4-7-24(33)18-5-2-14(17-6-3-15(29)11-22(17)30)10-23(18)31-26(35)19-13-25(34)21(28(38)39)12-20(19)27(36)37/h2-3,5-6,10-13,16,34H,4,7-9H2,1H3,(H,31,35)(H,36,37)(H,38,39). The van der Waals surface area contributed by atoms with E-state index in [2.05, 4.69) is 10.2 Å². The zero-order valence-corrected chi connectivity index (χ0v) is 22.2. The molecule has 202 valence electrons. The van der Waals surface area contributed by atoms with Gasteiger partial charge in [0.2, 0.25) is 0 Å². The number of nitrogens with zero attached hydrogens (tertiary/aromatic N) is 1. The van der Waals surface area contributed by atoms with Gasteiger partial charge in [0.1, 0.15) is 11.3 Å². The zero-order valence-electron chi connectivity index (χ0n) is 20.7. The summed E-state index contributed by atoms with van der Waals surface area (Å²) >= 11 is 12.4. The molecule has 1 unspecified atom stereocenters. The Hall–Kier alpha value is -3.92. The van der Waals surface area contributed by atoms with E-state index in [-0.39, 0.29) is 23.5 Å². The maximum absolute atomic E-state index is 13.3. The largest absolute Gasteiger partial charge is 0.507 e. The first-order valence-corrected chi connectivity index (χ1v) is 12.7. The summed E-state index contributed by atoms with van der Waals surface area (Å²) in [6.07, 6.45) is 1.86. The van der Waals surface area contributed by atoms with E-state index in [9.17, 15) is 34.5 Å². The van der Waals surface area contributed by atoms with Crippen molar-refractivity contribution in [2.45, 2.75) is 25.3 Å². The number of Topliss-reactive ketones (excluding diaryl/α,β-unsaturated/α-hetero) is 1. The van der Waals surface area contributed by atoms with Crippen molar-refractivity contribution in [3.8, 4) is 16.9 Å². The second kappa shape index (κ2) is 11.4. The lowest BCUT2D eigenvalue weighted by Crippen LogP contribution is -2.44. The summed E-state index contributed by atoms with van der Waals surface area (Å²) in [6.45, 7) is 0.968. The van der Waals surface area contributed by atoms with Gasteiger partial charge >= 0.3 is 11.9 Å². The molecule has 1 fully saturated rings. The number of carboxylic acids is 2. The fourth-order valence-corrected chi connectivity index (χ4v) is 4.98. The van der Waals surface area contributed by atoms with Crippen molar-refractivity contribution in [3.63, 3.8) is 0 Å². The van der Waals surface area contributed by atoms with Crippen molar-refractivity contribution in [3.05, 3.63) is 80.8 Å². The quantitative estimate of drug-likeness (QED) is 0.240. The topological polar surface area (TPSA) is 144 Å². The van der Waals surface area contributed by atoms with Crippen molar-refractivity contribution in [1.82, 2.24) is 4.90 Å². The monoisotopic (exact) mass is 570 g/mol. The number of hydrogen-bond donors (Lipinski definition) is 4. The van der Waals surface area contributed by atoms with Crippen molar-refractivity contribution < 1.29 is 34.5 Å². The van der Waals surface area contributed by atoms with Gasteiger partial charge in [-0.15, -0.1) is 0 Å². The maximum atomic E-state index is 13.3. The Bertz CT molecular complexity index is 1510. The molecule has 1 aliphatic rings. The predicted octanol–water partition coefficient (Wildman–Crippen LogP) is 5.68. The zero-order chi connectivity index (χ0) is 28.4. The summed E-state index contributed by atoms with van der Waals surface area (Å²) in [5.74, 6) is -5.07. The molecule has 0 aromatic heterocycles. The number of carbonyl (C=O) groups excluding carboxylic acids is 2. The first-order chi connectivity index (χ1) is 18.5. The maximum Gasteiger partial charge on any atom is 0.339 e. The number of hydrogen-bond acceptors (Lipinski definition) is 6. The molecule has 1 aliphatic heterocycles. The van der Waals surface area contributed by atoms with Gasteiger partial charge in [0.25, 0.3) is 5.91 Å². The van der Waals surface area contributed by atoms with Crippen LogP contribution in [0.2, 0.25) is 10.0 Å². The summed E-state index contributed by atoms with van der Waals surface area (Å²) in [6, 6.07) is 11.4. The number of likely N-dealkylation sites (tertiary alicyclic amines) is 1. The van der Waals surface area contributed by atoms with Crippen LogP contribution in [0.15, 0.2) is 48.5 Å². The van der Waals surface area contributed by atoms with Gasteiger partial charge in [-0.05, 0) is 68.4 Å². The number of halogens is 2. The predicted molar refractivity (Wildman–Crippen MR) is 146 cm³/mol. The molecule has 1 amide bonds. The Kier molecular flexibility index (Phi) is 8.25. The number of benzene rings is 3. The van der Waals surface area contributed by atoms with Crippen LogP contribution in [0.25, 0.3) is 11.1 Å². The third-order valence-electron chi connectivity index (χ3n) is 6.79. The molecule has 1 saturated heterocycles. The summed E-state index contributed by atoms with van der Waals surface area (Å²) in [5, 5.41) is 32.3. The molecule has 0 spiro atoms. The smallest absolute Gasteiger partial charge is 0.339 e. The molecule has 3 aromatic rings. The second-order valence-corrected chi connectivity index (χ2v) is 10.1. The van der Waals surface area contributed by atoms with E-state index in [1.165, 1.54) is 0 Å². The van der Waals surface area contributed by atoms with Crippen LogP contribution in [0.3, 0.4) is 0 Å². The molecule has 11 heteroatoms. The third kappa shape index (κ3) is 6.06. The van der Waals surface area contributed by atoms with Crippen LogP contribution in [0.5, 0.6) is 5.75 Å². The van der Waals surface area contributed by atoms with Crippen molar-refractivity contribution in [2.24, 2.45) is 0 Å². The highest BCUT2D eigenvalue weighted by Crippen LogP contribution is 2.34. The van der Waals surface area contributed by atoms with Gasteiger partial charge in [-0.25, -0.2) is 9.59 Å². The number of nitrogens with one attached hydrogen (secondary N) is 1. The van der Waals surface area contributed by atoms with Gasteiger partial charge in [0.15, 0.2) is 5.78 Å². The van der Waals surface area contributed by atoms with Crippen molar-refractivity contribution >= 4 is 52.5 Å². The first-order valence-electron chi connectivity index (χ1n) is 11.9. The van der Waals surface area contributed by atoms with Gasteiger partial charge < -0.3 is 25.5 Å². The Morgan fingerprint density at radius 1 is 0.923 bits per heavy atom. The molecule has 1 atom stereocenters. The van der Waals surface area contributed by atoms with E-state index in [0.717, 1.165) is 19.0 Å². The van der Waals surface area contributed by atoms with Crippen LogP contribution in [0, 0.1) is 0 Å². The van der Waals surface area contributed by atoms with Crippen LogP contribution >= 0.6 is 23.2 Å². The fraction of sp³-hybridized carbons (Fsp3) is 0.214. The highest BCUT2D eigenvalue weighted by molar-refractivity contribution is 6.36. The van der Waals surface area contributed by atoms with Gasteiger partial charge in [0.05, 0.1) is 16.8 Å². The molecule has 0 saturated carbocycles. The lowest BCUT2D eigenvalue weighted by atomic mass is 9.94. The van der Waals surface area contributed by atoms with Gasteiger partial charge in [0, 0.05) is 33.6 Å². The summed E-state index contributed by atoms with van der Waals surface area (Å²) in [7, 11) is 1.99. The molecule has 0 bridgehead atoms. The first kappa shape index (κ1) is 28.1. The number of anilines is 1. The molecule has 4 rings (SSSR count). The number of aromatic carboxylic acids is 2. The number of ketones is 1. The summed E-state index contributed by atoms with van der Waals surface area (Å²) in [5.41, 5.74) is -0.308. The Labute approximate surface area is 233 Å². The highest BCUT2D eigenvalue weighted by atomic mass is 35.5. The van der Waals surface area contributed by atoms with Crippen LogP contribution in [0.4, 0.5) is 5.69 Å². The minimum absolute atomic E-state index is 0.105. The van der Waals surface area contributed by atoms with Crippen LogP contribution in [-0.4, -0.2) is 63.5 Å². The van der Waals surface area contributed by atoms with E-state index < -0.39 is 40.3 Å². The van der Waals surface area contributed by atoms with Crippen molar-refractivity contribution in [1.29, 1.82) is 0 Å². The third-order valence-corrected chi connectivity index (χ3v) is 7.34.